The quantitative estimate of drug-likeness (QED) is 0.844. The monoisotopic (exact) mass is 276 g/mol. The number of thiophene rings is 1. The Kier molecular flexibility index (Phi) is 4.94. The number of nitrogens with one attached hydrogen (secondary N) is 1. The van der Waals surface area contributed by atoms with Gasteiger partial charge in [0.15, 0.2) is 0 Å². The molecule has 2 unspecified atom stereocenters. The van der Waals surface area contributed by atoms with Crippen LogP contribution in [0.5, 0.6) is 0 Å². The van der Waals surface area contributed by atoms with Crippen LogP contribution in [0.4, 0.5) is 0 Å². The molecule has 0 bridgehead atoms. The van der Waals surface area contributed by atoms with Crippen LogP contribution in [-0.2, 0) is 0 Å². The molecule has 0 radical (unpaired) electrons. The fourth-order valence-corrected chi connectivity index (χ4v) is 3.60. The van der Waals surface area contributed by atoms with Crippen molar-refractivity contribution < 1.29 is 0 Å². The number of pyridine rings is 1. The zero-order valence-corrected chi connectivity index (χ0v) is 13.1. The number of fused-ring (bicyclic) bond motifs is 1. The Hall–Kier alpha value is -0.930. The molecular weight excluding hydrogens is 252 g/mol. The lowest BCUT2D eigenvalue weighted by molar-refractivity contribution is 0.373. The second kappa shape index (κ2) is 6.49. The van der Waals surface area contributed by atoms with Crippen LogP contribution in [0.3, 0.4) is 0 Å². The normalized spacial score (nSPS) is 15.0. The topological polar surface area (TPSA) is 24.9 Å². The molecule has 2 atom stereocenters. The van der Waals surface area contributed by atoms with E-state index in [0.717, 1.165) is 6.54 Å². The van der Waals surface area contributed by atoms with E-state index in [1.807, 2.05) is 6.20 Å². The third-order valence-corrected chi connectivity index (χ3v) is 4.58. The van der Waals surface area contributed by atoms with Crippen LogP contribution in [0.2, 0.25) is 0 Å². The molecule has 0 fully saturated rings. The Labute approximate surface area is 120 Å². The van der Waals surface area contributed by atoms with Gasteiger partial charge in [0.1, 0.15) is 0 Å². The van der Waals surface area contributed by atoms with Crippen molar-refractivity contribution in [3.8, 4) is 0 Å². The molecule has 2 heterocycles. The summed E-state index contributed by atoms with van der Waals surface area (Å²) in [4.78, 5) is 4.70. The van der Waals surface area contributed by atoms with Gasteiger partial charge < -0.3 is 5.32 Å². The second-order valence-corrected chi connectivity index (χ2v) is 6.49. The summed E-state index contributed by atoms with van der Waals surface area (Å²) in [7, 11) is 0. The van der Waals surface area contributed by atoms with Gasteiger partial charge in [0.05, 0.1) is 5.69 Å². The van der Waals surface area contributed by atoms with Gasteiger partial charge >= 0.3 is 0 Å². The van der Waals surface area contributed by atoms with E-state index in [1.165, 1.54) is 22.2 Å². The first kappa shape index (κ1) is 14.5. The Balaban J connectivity index is 2.35. The van der Waals surface area contributed by atoms with Crippen molar-refractivity contribution in [2.45, 2.75) is 46.1 Å². The van der Waals surface area contributed by atoms with Crippen LogP contribution in [0.1, 0.15) is 45.7 Å². The molecule has 2 rings (SSSR count). The van der Waals surface area contributed by atoms with E-state index in [1.54, 1.807) is 11.3 Å². The number of hydrogen-bond acceptors (Lipinski definition) is 3. The molecule has 1 N–H and O–H groups in total. The van der Waals surface area contributed by atoms with Gasteiger partial charge in [-0.1, -0.05) is 20.8 Å². The number of hydrogen-bond donors (Lipinski definition) is 1. The molecule has 104 valence electrons. The van der Waals surface area contributed by atoms with Gasteiger partial charge in [-0.25, -0.2) is 0 Å². The Bertz CT molecular complexity index is 518. The van der Waals surface area contributed by atoms with Crippen molar-refractivity contribution in [2.24, 2.45) is 5.92 Å². The van der Waals surface area contributed by atoms with Crippen LogP contribution in [0.15, 0.2) is 23.7 Å². The van der Waals surface area contributed by atoms with Crippen molar-refractivity contribution in [1.82, 2.24) is 10.3 Å². The maximum absolute atomic E-state index is 4.70. The Morgan fingerprint density at radius 2 is 2.05 bits per heavy atom. The molecule has 0 saturated carbocycles. The van der Waals surface area contributed by atoms with Gasteiger partial charge in [-0.05, 0) is 43.3 Å². The molecule has 0 amide bonds. The summed E-state index contributed by atoms with van der Waals surface area (Å²) in [6, 6.07) is 4.79. The van der Waals surface area contributed by atoms with Gasteiger partial charge in [0, 0.05) is 28.2 Å². The molecule has 19 heavy (non-hydrogen) atoms. The van der Waals surface area contributed by atoms with Crippen LogP contribution in [0.25, 0.3) is 10.1 Å². The SMILES string of the molecule is CCCNC(C)C(c1nccc2sccc12)C(C)C. The van der Waals surface area contributed by atoms with Gasteiger partial charge in [0.25, 0.3) is 0 Å². The lowest BCUT2D eigenvalue weighted by Gasteiger charge is -2.28. The minimum absolute atomic E-state index is 0.456. The van der Waals surface area contributed by atoms with Crippen molar-refractivity contribution in [3.63, 3.8) is 0 Å². The predicted octanol–water partition coefficient (Wildman–Crippen LogP) is 4.42. The summed E-state index contributed by atoms with van der Waals surface area (Å²) in [5.74, 6) is 1.04. The predicted molar refractivity (Wildman–Crippen MR) is 85.0 cm³/mol. The second-order valence-electron chi connectivity index (χ2n) is 5.54. The van der Waals surface area contributed by atoms with Gasteiger partial charge in [-0.15, -0.1) is 11.3 Å². The summed E-state index contributed by atoms with van der Waals surface area (Å²) >= 11 is 1.80. The van der Waals surface area contributed by atoms with Crippen molar-refractivity contribution >= 4 is 21.4 Å². The lowest BCUT2D eigenvalue weighted by atomic mass is 9.84. The Morgan fingerprint density at radius 3 is 2.74 bits per heavy atom. The van der Waals surface area contributed by atoms with Crippen molar-refractivity contribution in [1.29, 1.82) is 0 Å². The fraction of sp³-hybridized carbons (Fsp3) is 0.562. The molecule has 2 nitrogen and oxygen atoms in total. The van der Waals surface area contributed by atoms with Crippen LogP contribution < -0.4 is 5.32 Å². The van der Waals surface area contributed by atoms with Crippen molar-refractivity contribution in [3.05, 3.63) is 29.4 Å². The molecule has 0 aliphatic heterocycles. The van der Waals surface area contributed by atoms with Crippen LogP contribution >= 0.6 is 11.3 Å². The summed E-state index contributed by atoms with van der Waals surface area (Å²) in [5.41, 5.74) is 1.25. The highest BCUT2D eigenvalue weighted by Crippen LogP contribution is 2.33. The molecule has 0 aromatic carbocycles. The number of nitrogens with zero attached hydrogens (tertiary/aromatic N) is 1. The zero-order chi connectivity index (χ0) is 13.8. The highest BCUT2D eigenvalue weighted by Gasteiger charge is 2.25. The molecule has 2 aromatic heterocycles. The van der Waals surface area contributed by atoms with E-state index in [9.17, 15) is 0 Å². The molecule has 0 aliphatic rings. The fourth-order valence-electron chi connectivity index (χ4n) is 2.81. The van der Waals surface area contributed by atoms with E-state index >= 15 is 0 Å². The third kappa shape index (κ3) is 3.15. The molecule has 0 aliphatic carbocycles. The minimum atomic E-state index is 0.456. The van der Waals surface area contributed by atoms with Crippen molar-refractivity contribution in [2.75, 3.05) is 6.54 Å². The maximum Gasteiger partial charge on any atom is 0.0539 e. The van der Waals surface area contributed by atoms with Crippen LogP contribution in [-0.4, -0.2) is 17.6 Å². The lowest BCUT2D eigenvalue weighted by Crippen LogP contribution is -2.35. The van der Waals surface area contributed by atoms with Gasteiger partial charge in [-0.3, -0.25) is 4.98 Å². The van der Waals surface area contributed by atoms with E-state index in [-0.39, 0.29) is 0 Å². The third-order valence-electron chi connectivity index (χ3n) is 3.70. The minimum Gasteiger partial charge on any atom is -0.314 e. The first-order valence-corrected chi connectivity index (χ1v) is 8.08. The average Bonchev–Trinajstić information content (AvgIpc) is 2.85. The Morgan fingerprint density at radius 1 is 1.26 bits per heavy atom. The smallest absolute Gasteiger partial charge is 0.0539 e. The first-order chi connectivity index (χ1) is 9.15. The number of rotatable bonds is 6. The standard InChI is InChI=1S/C16H24N2S/c1-5-8-17-12(4)15(11(2)3)16-13-7-10-19-14(13)6-9-18-16/h6-7,9-12,15,17H,5,8H2,1-4H3. The van der Waals surface area contributed by atoms with E-state index in [2.05, 4.69) is 50.5 Å². The van der Waals surface area contributed by atoms with Gasteiger partial charge in [0.2, 0.25) is 0 Å². The summed E-state index contributed by atoms with van der Waals surface area (Å²) in [6.45, 7) is 10.2. The molecule has 0 spiro atoms. The molecule has 3 heteroatoms. The van der Waals surface area contributed by atoms with E-state index in [4.69, 9.17) is 4.98 Å². The van der Waals surface area contributed by atoms with E-state index in [0.29, 0.717) is 17.9 Å². The maximum atomic E-state index is 4.70. The summed E-state index contributed by atoms with van der Waals surface area (Å²) in [6.07, 6.45) is 3.13. The number of aromatic nitrogens is 1. The summed E-state index contributed by atoms with van der Waals surface area (Å²) in [5, 5.41) is 7.13. The van der Waals surface area contributed by atoms with E-state index < -0.39 is 0 Å². The molecule has 0 saturated heterocycles. The highest BCUT2D eigenvalue weighted by molar-refractivity contribution is 7.17. The first-order valence-electron chi connectivity index (χ1n) is 7.20. The molecular formula is C16H24N2S. The molecule has 2 aromatic rings. The highest BCUT2D eigenvalue weighted by atomic mass is 32.1. The summed E-state index contributed by atoms with van der Waals surface area (Å²) < 4.78 is 1.35. The van der Waals surface area contributed by atoms with Crippen LogP contribution in [0, 0.1) is 5.92 Å². The zero-order valence-electron chi connectivity index (χ0n) is 12.3. The largest absolute Gasteiger partial charge is 0.314 e. The van der Waals surface area contributed by atoms with Gasteiger partial charge in [-0.2, -0.15) is 0 Å². The average molecular weight is 276 g/mol.